The summed E-state index contributed by atoms with van der Waals surface area (Å²) >= 11 is 5.07. The normalized spacial score (nSPS) is 9.60. The van der Waals surface area contributed by atoms with Crippen LogP contribution in [0.25, 0.3) is 0 Å². The summed E-state index contributed by atoms with van der Waals surface area (Å²) in [4.78, 5) is 4.35. The zero-order valence-corrected chi connectivity index (χ0v) is 3.99. The molecule has 0 atom stereocenters. The van der Waals surface area contributed by atoms with Gasteiger partial charge in [-0.25, -0.2) is 0 Å². The summed E-state index contributed by atoms with van der Waals surface area (Å²) in [6.45, 7) is 0. The molecule has 0 aromatic heterocycles. The van der Waals surface area contributed by atoms with Crippen LogP contribution in [0.5, 0.6) is 0 Å². The molecule has 0 unspecified atom stereocenters. The van der Waals surface area contributed by atoms with Gasteiger partial charge in [0.2, 0.25) is 0 Å². The van der Waals surface area contributed by atoms with Gasteiger partial charge in [-0.2, -0.15) is 0 Å². The van der Waals surface area contributed by atoms with Gasteiger partial charge in [0.1, 0.15) is 0 Å². The Balaban J connectivity index is 2.54. The van der Waals surface area contributed by atoms with Gasteiger partial charge in [-0.05, 0) is 0 Å². The quantitative estimate of drug-likeness (QED) is 0.350. The summed E-state index contributed by atoms with van der Waals surface area (Å²) in [6.07, 6.45) is 0. The molecule has 2 nitrogen and oxygen atoms in total. The molecule has 0 aromatic carbocycles. The van der Waals surface area contributed by atoms with Crippen LogP contribution in [-0.2, 0) is 4.84 Å². The maximum absolute atomic E-state index is 5.07. The number of nitrogens with zero attached hydrogens (tertiary/aromatic N) is 1. The number of hydrogen-bond donors (Lipinski definition) is 0. The van der Waals surface area contributed by atoms with Gasteiger partial charge in [0.25, 0.3) is 0 Å². The molecule has 0 fully saturated rings. The Labute approximate surface area is 36.3 Å². The summed E-state index contributed by atoms with van der Waals surface area (Å²) < 4.78 is 1.10. The molecule has 0 saturated heterocycles. The highest BCUT2D eigenvalue weighted by Gasteiger charge is 1.75. The standard InChI is InChI=1S/C2H6ClNO/c1-4(3)5-2/h1-2H3. The van der Waals surface area contributed by atoms with Gasteiger partial charge in [-0.1, -0.05) is 0 Å². The van der Waals surface area contributed by atoms with Crippen molar-refractivity contribution in [3.05, 3.63) is 0 Å². The molecule has 0 saturated carbocycles. The maximum Gasteiger partial charge on any atom is 0.0590 e. The minimum absolute atomic E-state index is 1.10. The zero-order chi connectivity index (χ0) is 4.28. The van der Waals surface area contributed by atoms with E-state index >= 15 is 0 Å². The number of hydroxylamine groups is 1. The van der Waals surface area contributed by atoms with Crippen molar-refractivity contribution in [2.24, 2.45) is 0 Å². The Morgan fingerprint density at radius 1 is 1.80 bits per heavy atom. The van der Waals surface area contributed by atoms with Crippen LogP contribution in [0.4, 0.5) is 0 Å². The number of halogens is 1. The highest BCUT2D eigenvalue weighted by molar-refractivity contribution is 6.12. The van der Waals surface area contributed by atoms with Gasteiger partial charge in [0.15, 0.2) is 0 Å². The molecule has 0 spiro atoms. The minimum atomic E-state index is 1.10. The lowest BCUT2D eigenvalue weighted by Gasteiger charge is -1.96. The fourth-order valence-electron chi connectivity index (χ4n) is 0. The van der Waals surface area contributed by atoms with Crippen LogP contribution in [0.1, 0.15) is 0 Å². The highest BCUT2D eigenvalue weighted by atomic mass is 35.5. The third-order valence-corrected chi connectivity index (χ3v) is 0.390. The molecule has 3 heteroatoms. The van der Waals surface area contributed by atoms with E-state index in [0.29, 0.717) is 0 Å². The van der Waals surface area contributed by atoms with E-state index in [-0.39, 0.29) is 0 Å². The minimum Gasteiger partial charge on any atom is -0.287 e. The summed E-state index contributed by atoms with van der Waals surface area (Å²) in [5.41, 5.74) is 0. The molecular weight excluding hydrogens is 89.5 g/mol. The summed E-state index contributed by atoms with van der Waals surface area (Å²) in [5, 5.41) is 0. The van der Waals surface area contributed by atoms with Crippen LogP contribution < -0.4 is 0 Å². The van der Waals surface area contributed by atoms with Gasteiger partial charge in [-0.3, -0.25) is 4.84 Å². The molecule has 0 aromatic rings. The van der Waals surface area contributed by atoms with E-state index in [2.05, 4.69) is 4.84 Å². The first-order chi connectivity index (χ1) is 2.27. The molecule has 32 valence electrons. The van der Waals surface area contributed by atoms with Crippen LogP contribution in [0.15, 0.2) is 0 Å². The van der Waals surface area contributed by atoms with E-state index in [1.807, 2.05) is 0 Å². The summed E-state index contributed by atoms with van der Waals surface area (Å²) in [6, 6.07) is 0. The van der Waals surface area contributed by atoms with Crippen LogP contribution in [-0.4, -0.2) is 18.7 Å². The van der Waals surface area contributed by atoms with Gasteiger partial charge in [0, 0.05) is 18.8 Å². The van der Waals surface area contributed by atoms with E-state index in [0.717, 1.165) is 4.58 Å². The van der Waals surface area contributed by atoms with Crippen LogP contribution >= 0.6 is 11.8 Å². The first-order valence-electron chi connectivity index (χ1n) is 1.21. The van der Waals surface area contributed by atoms with Crippen molar-refractivity contribution in [2.75, 3.05) is 14.2 Å². The van der Waals surface area contributed by atoms with Crippen molar-refractivity contribution in [3.63, 3.8) is 0 Å². The molecule has 0 rings (SSSR count). The van der Waals surface area contributed by atoms with Gasteiger partial charge < -0.3 is 0 Å². The third kappa shape index (κ3) is 4.21. The van der Waals surface area contributed by atoms with Crippen LogP contribution in [0.2, 0.25) is 0 Å². The van der Waals surface area contributed by atoms with E-state index < -0.39 is 0 Å². The molecule has 0 amide bonds. The number of rotatable bonds is 1. The smallest absolute Gasteiger partial charge is 0.0590 e. The lowest BCUT2D eigenvalue weighted by molar-refractivity contribution is -0.0242. The van der Waals surface area contributed by atoms with Crippen LogP contribution in [0, 0.1) is 0 Å². The molecule has 0 aliphatic carbocycles. The Morgan fingerprint density at radius 2 is 2.00 bits per heavy atom. The largest absolute Gasteiger partial charge is 0.287 e. The van der Waals surface area contributed by atoms with Crippen molar-refractivity contribution in [2.45, 2.75) is 0 Å². The molecule has 0 radical (unpaired) electrons. The fraction of sp³-hybridized carbons (Fsp3) is 1.00. The molecule has 0 aliphatic heterocycles. The average molecular weight is 95.5 g/mol. The van der Waals surface area contributed by atoms with Gasteiger partial charge in [-0.15, -0.1) is 4.58 Å². The molecule has 5 heavy (non-hydrogen) atoms. The Kier molecular flexibility index (Phi) is 2.55. The van der Waals surface area contributed by atoms with Crippen molar-refractivity contribution in [1.29, 1.82) is 0 Å². The summed E-state index contributed by atoms with van der Waals surface area (Å²) in [5.74, 6) is 0. The van der Waals surface area contributed by atoms with Crippen molar-refractivity contribution in [3.8, 4) is 0 Å². The lowest BCUT2D eigenvalue weighted by atomic mass is 11.5. The predicted molar refractivity (Wildman–Crippen MR) is 20.6 cm³/mol. The van der Waals surface area contributed by atoms with E-state index in [4.69, 9.17) is 11.8 Å². The van der Waals surface area contributed by atoms with Crippen molar-refractivity contribution < 1.29 is 4.84 Å². The second kappa shape index (κ2) is 2.45. The Bertz CT molecular complexity index is 23.6. The highest BCUT2D eigenvalue weighted by Crippen LogP contribution is 1.81. The van der Waals surface area contributed by atoms with E-state index in [9.17, 15) is 0 Å². The monoisotopic (exact) mass is 95.0 g/mol. The lowest BCUT2D eigenvalue weighted by Crippen LogP contribution is -1.99. The molecule has 0 bridgehead atoms. The second-order valence-corrected chi connectivity index (χ2v) is 1.08. The summed E-state index contributed by atoms with van der Waals surface area (Å²) in [7, 11) is 3.09. The van der Waals surface area contributed by atoms with E-state index in [1.165, 1.54) is 7.11 Å². The maximum atomic E-state index is 5.07. The fourth-order valence-corrected chi connectivity index (χ4v) is 0. The second-order valence-electron chi connectivity index (χ2n) is 0.603. The van der Waals surface area contributed by atoms with Crippen molar-refractivity contribution in [1.82, 2.24) is 4.58 Å². The molecular formula is C2H6ClNO. The Hall–Kier alpha value is 0.210. The van der Waals surface area contributed by atoms with Crippen LogP contribution in [0.3, 0.4) is 0 Å². The van der Waals surface area contributed by atoms with Gasteiger partial charge >= 0.3 is 0 Å². The van der Waals surface area contributed by atoms with E-state index in [1.54, 1.807) is 7.05 Å². The van der Waals surface area contributed by atoms with Gasteiger partial charge in [0.05, 0.1) is 7.11 Å². The number of hydrogen-bond acceptors (Lipinski definition) is 2. The first-order valence-corrected chi connectivity index (χ1v) is 1.55. The zero-order valence-electron chi connectivity index (χ0n) is 3.23. The SMILES string of the molecule is CON(C)Cl. The molecule has 0 N–H and O–H groups in total. The molecule has 0 heterocycles. The first kappa shape index (κ1) is 5.21. The van der Waals surface area contributed by atoms with Crippen molar-refractivity contribution >= 4 is 11.8 Å². The Morgan fingerprint density at radius 3 is 2.00 bits per heavy atom. The topological polar surface area (TPSA) is 12.5 Å². The molecule has 0 aliphatic rings. The predicted octanol–water partition coefficient (Wildman–Crippen LogP) is 0.633. The third-order valence-electron chi connectivity index (χ3n) is 0.252. The average Bonchev–Trinajstić information content (AvgIpc) is 1.38.